The lowest BCUT2D eigenvalue weighted by Gasteiger charge is -2.06. The van der Waals surface area contributed by atoms with Gasteiger partial charge >= 0.3 is 0 Å². The van der Waals surface area contributed by atoms with Crippen molar-refractivity contribution < 1.29 is 4.39 Å². The zero-order valence-electron chi connectivity index (χ0n) is 14.4. The molecule has 0 atom stereocenters. The molecule has 0 amide bonds. The normalized spacial score (nSPS) is 11.6. The lowest BCUT2D eigenvalue weighted by atomic mass is 10.2. The van der Waals surface area contributed by atoms with Gasteiger partial charge in [0, 0.05) is 16.1 Å². The van der Waals surface area contributed by atoms with Gasteiger partial charge < -0.3 is 0 Å². The SMILES string of the molecule is CC(C)c1nnc(SCc2ccc(Br)cc2)n1/N=C/c1ccc(F)cc1. The molecule has 1 aromatic heterocycles. The first-order valence-electron chi connectivity index (χ1n) is 8.15. The van der Waals surface area contributed by atoms with Gasteiger partial charge in [-0.05, 0) is 35.4 Å². The average Bonchev–Trinajstić information content (AvgIpc) is 3.04. The Balaban J connectivity index is 1.81. The third kappa shape index (κ3) is 4.80. The van der Waals surface area contributed by atoms with E-state index in [1.807, 2.05) is 12.1 Å². The Kier molecular flexibility index (Phi) is 6.21. The zero-order valence-corrected chi connectivity index (χ0v) is 16.8. The fourth-order valence-electron chi connectivity index (χ4n) is 2.24. The highest BCUT2D eigenvalue weighted by atomic mass is 79.9. The molecule has 0 bridgehead atoms. The minimum absolute atomic E-state index is 0.190. The van der Waals surface area contributed by atoms with Crippen LogP contribution in [-0.4, -0.2) is 21.1 Å². The highest BCUT2D eigenvalue weighted by Crippen LogP contribution is 2.25. The van der Waals surface area contributed by atoms with Gasteiger partial charge in [-0.3, -0.25) is 0 Å². The van der Waals surface area contributed by atoms with E-state index in [1.54, 1.807) is 34.8 Å². The number of hydrogen-bond acceptors (Lipinski definition) is 4. The van der Waals surface area contributed by atoms with Crippen LogP contribution in [0.25, 0.3) is 0 Å². The number of benzene rings is 2. The fourth-order valence-corrected chi connectivity index (χ4v) is 3.35. The van der Waals surface area contributed by atoms with Crippen molar-refractivity contribution in [3.63, 3.8) is 0 Å². The van der Waals surface area contributed by atoms with Crippen molar-refractivity contribution in [1.82, 2.24) is 14.9 Å². The van der Waals surface area contributed by atoms with Crippen molar-refractivity contribution in [2.45, 2.75) is 30.7 Å². The van der Waals surface area contributed by atoms with Gasteiger partial charge in [0.05, 0.1) is 6.21 Å². The summed E-state index contributed by atoms with van der Waals surface area (Å²) in [5, 5.41) is 13.8. The lowest BCUT2D eigenvalue weighted by molar-refractivity contribution is 0.627. The van der Waals surface area contributed by atoms with Crippen LogP contribution in [-0.2, 0) is 5.75 Å². The van der Waals surface area contributed by atoms with E-state index in [9.17, 15) is 4.39 Å². The van der Waals surface area contributed by atoms with Crippen LogP contribution in [0.3, 0.4) is 0 Å². The average molecular weight is 433 g/mol. The van der Waals surface area contributed by atoms with Crippen LogP contribution < -0.4 is 0 Å². The molecule has 2 aromatic carbocycles. The zero-order chi connectivity index (χ0) is 18.5. The number of thioether (sulfide) groups is 1. The van der Waals surface area contributed by atoms with E-state index in [2.05, 4.69) is 57.2 Å². The van der Waals surface area contributed by atoms with Crippen molar-refractivity contribution in [2.24, 2.45) is 5.10 Å². The van der Waals surface area contributed by atoms with Gasteiger partial charge in [-0.25, -0.2) is 4.39 Å². The lowest BCUT2D eigenvalue weighted by Crippen LogP contribution is -2.02. The smallest absolute Gasteiger partial charge is 0.207 e. The van der Waals surface area contributed by atoms with Crippen molar-refractivity contribution >= 4 is 33.9 Å². The molecule has 0 saturated carbocycles. The summed E-state index contributed by atoms with van der Waals surface area (Å²) in [6.07, 6.45) is 1.69. The predicted molar refractivity (Wildman–Crippen MR) is 107 cm³/mol. The Morgan fingerprint density at radius 1 is 1.12 bits per heavy atom. The molecule has 0 unspecified atom stereocenters. The van der Waals surface area contributed by atoms with Gasteiger partial charge in [0.1, 0.15) is 5.82 Å². The quantitative estimate of drug-likeness (QED) is 0.382. The highest BCUT2D eigenvalue weighted by Gasteiger charge is 2.15. The van der Waals surface area contributed by atoms with E-state index in [1.165, 1.54) is 17.7 Å². The second-order valence-corrected chi connectivity index (χ2v) is 7.88. The van der Waals surface area contributed by atoms with Crippen molar-refractivity contribution in [3.8, 4) is 0 Å². The van der Waals surface area contributed by atoms with Gasteiger partial charge in [-0.1, -0.05) is 65.8 Å². The maximum Gasteiger partial charge on any atom is 0.212 e. The Morgan fingerprint density at radius 2 is 1.81 bits per heavy atom. The molecule has 26 heavy (non-hydrogen) atoms. The molecule has 134 valence electrons. The molecule has 1 heterocycles. The van der Waals surface area contributed by atoms with Crippen molar-refractivity contribution in [2.75, 3.05) is 0 Å². The summed E-state index contributed by atoms with van der Waals surface area (Å²) >= 11 is 5.03. The second kappa shape index (κ2) is 8.60. The van der Waals surface area contributed by atoms with E-state index in [0.29, 0.717) is 0 Å². The molecule has 0 aliphatic heterocycles. The van der Waals surface area contributed by atoms with Crippen LogP contribution >= 0.6 is 27.7 Å². The second-order valence-electron chi connectivity index (χ2n) is 6.02. The van der Waals surface area contributed by atoms with E-state index in [0.717, 1.165) is 26.8 Å². The molecular weight excluding hydrogens is 415 g/mol. The van der Waals surface area contributed by atoms with Gasteiger partial charge in [0.25, 0.3) is 0 Å². The first kappa shape index (κ1) is 18.8. The van der Waals surface area contributed by atoms with Gasteiger partial charge in [-0.2, -0.15) is 9.78 Å². The monoisotopic (exact) mass is 432 g/mol. The molecule has 4 nitrogen and oxygen atoms in total. The summed E-state index contributed by atoms with van der Waals surface area (Å²) in [6.45, 7) is 4.11. The molecule has 0 saturated heterocycles. The first-order chi connectivity index (χ1) is 12.5. The Labute approximate surface area is 164 Å². The maximum atomic E-state index is 13.0. The molecule has 0 fully saturated rings. The summed E-state index contributed by atoms with van der Waals surface area (Å²) in [5.41, 5.74) is 2.01. The molecule has 0 aliphatic rings. The van der Waals surface area contributed by atoms with E-state index < -0.39 is 0 Å². The van der Waals surface area contributed by atoms with Crippen LogP contribution in [0.1, 0.15) is 36.7 Å². The molecule has 7 heteroatoms. The summed E-state index contributed by atoms with van der Waals surface area (Å²) in [6, 6.07) is 14.4. The number of aromatic nitrogens is 3. The Morgan fingerprint density at radius 3 is 2.46 bits per heavy atom. The van der Waals surface area contributed by atoms with E-state index in [-0.39, 0.29) is 11.7 Å². The standard InChI is InChI=1S/C19H18BrFN4S/c1-13(2)18-23-24-19(26-12-15-3-7-16(20)8-4-15)25(18)22-11-14-5-9-17(21)10-6-14/h3-11,13H,12H2,1-2H3/b22-11+. The van der Waals surface area contributed by atoms with Crippen molar-refractivity contribution in [1.29, 1.82) is 0 Å². The molecule has 0 N–H and O–H groups in total. The topological polar surface area (TPSA) is 43.1 Å². The third-order valence-electron chi connectivity index (χ3n) is 3.63. The minimum atomic E-state index is -0.264. The summed E-state index contributed by atoms with van der Waals surface area (Å²) < 4.78 is 15.9. The molecule has 3 aromatic rings. The molecular formula is C19H18BrFN4S. The van der Waals surface area contributed by atoms with Gasteiger partial charge in [0.15, 0.2) is 5.82 Å². The van der Waals surface area contributed by atoms with Crippen LogP contribution in [0.4, 0.5) is 4.39 Å². The number of hydrogen-bond donors (Lipinski definition) is 0. The van der Waals surface area contributed by atoms with Gasteiger partial charge in [-0.15, -0.1) is 10.2 Å². The van der Waals surface area contributed by atoms with Gasteiger partial charge in [0.2, 0.25) is 5.16 Å². The van der Waals surface area contributed by atoms with E-state index >= 15 is 0 Å². The summed E-state index contributed by atoms with van der Waals surface area (Å²) in [4.78, 5) is 0. The Bertz CT molecular complexity index is 889. The molecule has 0 spiro atoms. The minimum Gasteiger partial charge on any atom is -0.207 e. The first-order valence-corrected chi connectivity index (χ1v) is 9.93. The van der Waals surface area contributed by atoms with Crippen LogP contribution in [0, 0.1) is 5.82 Å². The number of rotatable bonds is 6. The third-order valence-corrected chi connectivity index (χ3v) is 5.15. The largest absolute Gasteiger partial charge is 0.212 e. The van der Waals surface area contributed by atoms with E-state index in [4.69, 9.17) is 0 Å². The van der Waals surface area contributed by atoms with Crippen LogP contribution in [0.2, 0.25) is 0 Å². The fraction of sp³-hybridized carbons (Fsp3) is 0.211. The number of nitrogens with zero attached hydrogens (tertiary/aromatic N) is 4. The summed E-state index contributed by atoms with van der Waals surface area (Å²) in [7, 11) is 0. The van der Waals surface area contributed by atoms with Crippen molar-refractivity contribution in [3.05, 3.63) is 75.8 Å². The molecule has 0 aliphatic carbocycles. The molecule has 3 rings (SSSR count). The Hall–Kier alpha value is -1.99. The predicted octanol–water partition coefficient (Wildman–Crippen LogP) is 5.48. The molecule has 0 radical (unpaired) electrons. The maximum absolute atomic E-state index is 13.0. The highest BCUT2D eigenvalue weighted by molar-refractivity contribution is 9.10. The summed E-state index contributed by atoms with van der Waals surface area (Å²) in [5.74, 6) is 1.49. The number of halogens is 2. The van der Waals surface area contributed by atoms with Crippen LogP contribution in [0.5, 0.6) is 0 Å². The van der Waals surface area contributed by atoms with Crippen LogP contribution in [0.15, 0.2) is 63.3 Å².